The molecule has 0 radical (unpaired) electrons. The fourth-order valence-electron chi connectivity index (χ4n) is 7.60. The van der Waals surface area contributed by atoms with Crippen LogP contribution in [-0.2, 0) is 16.6 Å². The quantitative estimate of drug-likeness (QED) is 0.639. The third-order valence-corrected chi connectivity index (χ3v) is 9.00. The number of aliphatic hydroxyl groups excluding tert-OH is 1. The van der Waals surface area contributed by atoms with Gasteiger partial charge in [0.25, 0.3) is 0 Å². The van der Waals surface area contributed by atoms with Crippen molar-refractivity contribution in [3.8, 4) is 11.5 Å². The van der Waals surface area contributed by atoms with Crippen molar-refractivity contribution in [2.24, 2.45) is 5.92 Å². The van der Waals surface area contributed by atoms with E-state index < -0.39 is 29.3 Å². The van der Waals surface area contributed by atoms with Gasteiger partial charge in [-0.3, -0.25) is 0 Å². The molecule has 2 bridgehead atoms. The maximum atomic E-state index is 12.8. The van der Waals surface area contributed by atoms with E-state index >= 15 is 0 Å². The average molecular weight is 417 g/mol. The fraction of sp³-hybridized carbons (Fsp3) is 0.750. The molecule has 2 unspecified atom stereocenters. The summed E-state index contributed by atoms with van der Waals surface area (Å²) in [5.74, 6) is 1.34. The summed E-state index contributed by atoms with van der Waals surface area (Å²) in [6, 6.07) is 3.71. The maximum absolute atomic E-state index is 12.8. The number of benzene rings is 1. The molecule has 30 heavy (non-hydrogen) atoms. The molecule has 2 heterocycles. The minimum Gasteiger partial charge on any atom is -0.504 e. The number of nitrogens with zero attached hydrogens (tertiary/aromatic N) is 1. The van der Waals surface area contributed by atoms with E-state index in [1.807, 2.05) is 6.07 Å². The van der Waals surface area contributed by atoms with Crippen LogP contribution >= 0.6 is 0 Å². The molecule has 6 rings (SSSR count). The Morgan fingerprint density at radius 2 is 2.10 bits per heavy atom. The van der Waals surface area contributed by atoms with Crippen LogP contribution in [0, 0.1) is 5.92 Å². The topological polar surface area (TPSA) is 79.2 Å². The summed E-state index contributed by atoms with van der Waals surface area (Å²) in [6.45, 7) is 4.69. The van der Waals surface area contributed by atoms with Crippen LogP contribution in [0.25, 0.3) is 0 Å². The number of phenols is 1. The van der Waals surface area contributed by atoms with Gasteiger partial charge in [0.15, 0.2) is 17.1 Å². The summed E-state index contributed by atoms with van der Waals surface area (Å²) in [6.07, 6.45) is 3.61. The first-order valence-electron chi connectivity index (χ1n) is 11.7. The third kappa shape index (κ3) is 2.18. The molecule has 2 aliphatic heterocycles. The lowest BCUT2D eigenvalue weighted by molar-refractivity contribution is -0.951. The van der Waals surface area contributed by atoms with Gasteiger partial charge in [-0.05, 0) is 30.9 Å². The molecular weight excluding hydrogens is 382 g/mol. The van der Waals surface area contributed by atoms with Crippen LogP contribution in [0.4, 0.5) is 0 Å². The number of hydrogen-bond acceptors (Lipinski definition) is 5. The second-order valence-corrected chi connectivity index (χ2v) is 10.7. The highest BCUT2D eigenvalue weighted by atomic mass is 16.5. The Morgan fingerprint density at radius 3 is 2.83 bits per heavy atom. The van der Waals surface area contributed by atoms with Gasteiger partial charge in [0.2, 0.25) is 0 Å². The molecule has 1 aromatic rings. The number of rotatable bonds is 5. The van der Waals surface area contributed by atoms with E-state index in [0.717, 1.165) is 53.9 Å². The van der Waals surface area contributed by atoms with Crippen molar-refractivity contribution in [1.29, 1.82) is 0 Å². The summed E-state index contributed by atoms with van der Waals surface area (Å²) < 4.78 is 13.4. The van der Waals surface area contributed by atoms with Gasteiger partial charge in [0, 0.05) is 37.4 Å². The first-order valence-corrected chi connectivity index (χ1v) is 11.7. The molecule has 0 aromatic heterocycles. The highest BCUT2D eigenvalue weighted by Gasteiger charge is 2.79. The molecule has 1 aromatic carbocycles. The van der Waals surface area contributed by atoms with Crippen molar-refractivity contribution in [2.45, 2.75) is 80.8 Å². The largest absolute Gasteiger partial charge is 0.504 e. The number of likely N-dealkylation sites (N-methyl/N-ethyl adjacent to an activating group) is 1. The van der Waals surface area contributed by atoms with Gasteiger partial charge >= 0.3 is 0 Å². The maximum Gasteiger partial charge on any atom is 0.165 e. The second-order valence-electron chi connectivity index (χ2n) is 10.7. The molecule has 5 aliphatic rings. The average Bonchev–Trinajstić information content (AvgIpc) is 3.44. The molecule has 2 saturated carbocycles. The van der Waals surface area contributed by atoms with E-state index in [2.05, 4.69) is 14.0 Å². The van der Waals surface area contributed by atoms with Crippen LogP contribution in [0.2, 0.25) is 0 Å². The number of aliphatic hydroxyl groups is 2. The minimum atomic E-state index is -1.12. The number of hydrogen-bond donors (Lipinski definition) is 3. The Bertz CT molecular complexity index is 887. The smallest absolute Gasteiger partial charge is 0.165 e. The molecule has 7 atom stereocenters. The second kappa shape index (κ2) is 6.12. The van der Waals surface area contributed by atoms with Gasteiger partial charge in [-0.2, -0.15) is 0 Å². The van der Waals surface area contributed by atoms with Gasteiger partial charge < -0.3 is 29.3 Å². The van der Waals surface area contributed by atoms with Crippen molar-refractivity contribution < 1.29 is 29.3 Å². The number of quaternary nitrogens is 1. The zero-order valence-electron chi connectivity index (χ0n) is 18.0. The molecule has 3 N–H and O–H groups in total. The van der Waals surface area contributed by atoms with Crippen LogP contribution in [0.5, 0.6) is 11.5 Å². The number of piperidine rings is 1. The molecule has 164 valence electrons. The zero-order chi connectivity index (χ0) is 20.9. The van der Waals surface area contributed by atoms with Crippen molar-refractivity contribution >= 4 is 0 Å². The lowest BCUT2D eigenvalue weighted by Crippen LogP contribution is -2.85. The fourth-order valence-corrected chi connectivity index (χ4v) is 7.60. The minimum absolute atomic E-state index is 0.00435. The molecule has 1 saturated heterocycles. The summed E-state index contributed by atoms with van der Waals surface area (Å²) in [5, 5.41) is 34.5. The Morgan fingerprint density at radius 1 is 1.30 bits per heavy atom. The summed E-state index contributed by atoms with van der Waals surface area (Å²) >= 11 is 0. The molecular formula is C24H34NO5+. The van der Waals surface area contributed by atoms with Crippen LogP contribution < -0.4 is 4.74 Å². The van der Waals surface area contributed by atoms with Gasteiger partial charge in [-0.15, -0.1) is 0 Å². The van der Waals surface area contributed by atoms with Gasteiger partial charge in [0.1, 0.15) is 12.1 Å². The summed E-state index contributed by atoms with van der Waals surface area (Å²) in [7, 11) is 2.31. The third-order valence-electron chi connectivity index (χ3n) is 9.00. The van der Waals surface area contributed by atoms with Crippen LogP contribution in [0.1, 0.15) is 50.2 Å². The van der Waals surface area contributed by atoms with Crippen LogP contribution in [0.15, 0.2) is 12.1 Å². The number of aromatic hydroxyl groups is 1. The van der Waals surface area contributed by atoms with Crippen molar-refractivity contribution in [3.05, 3.63) is 23.3 Å². The Hall–Kier alpha value is -1.34. The lowest BCUT2D eigenvalue weighted by atomic mass is 9.47. The molecule has 0 amide bonds. The van der Waals surface area contributed by atoms with Crippen molar-refractivity contribution in [3.63, 3.8) is 0 Å². The summed E-state index contributed by atoms with van der Waals surface area (Å²) in [5.41, 5.74) is 0.243. The van der Waals surface area contributed by atoms with E-state index in [0.29, 0.717) is 18.8 Å². The van der Waals surface area contributed by atoms with E-state index in [1.54, 1.807) is 6.07 Å². The first-order chi connectivity index (χ1) is 14.3. The molecule has 6 heteroatoms. The molecule has 3 fully saturated rings. The Kier molecular flexibility index (Phi) is 3.95. The monoisotopic (exact) mass is 416 g/mol. The van der Waals surface area contributed by atoms with Crippen LogP contribution in [-0.4, -0.2) is 76.5 Å². The predicted molar refractivity (Wildman–Crippen MR) is 111 cm³/mol. The molecule has 3 aliphatic carbocycles. The SMILES string of the molecule is CCCOC1C[C@@H](O)[C@@H]2Oc3c(O)ccc4c3[C@@]23CC[N+](C)(CC2CC2)[C@H](C4)[C@]13O. The molecule has 6 nitrogen and oxygen atoms in total. The zero-order valence-corrected chi connectivity index (χ0v) is 18.0. The van der Waals surface area contributed by atoms with Crippen molar-refractivity contribution in [1.82, 2.24) is 0 Å². The summed E-state index contributed by atoms with van der Waals surface area (Å²) in [4.78, 5) is 0. The number of ether oxygens (including phenoxy) is 2. The Labute approximate surface area is 178 Å². The van der Waals surface area contributed by atoms with Gasteiger partial charge in [0.05, 0.1) is 37.8 Å². The highest BCUT2D eigenvalue weighted by Crippen LogP contribution is 2.66. The van der Waals surface area contributed by atoms with E-state index in [4.69, 9.17) is 9.47 Å². The number of likely N-dealkylation sites (tertiary alicyclic amines) is 1. The first kappa shape index (κ1) is 19.4. The Balaban J connectivity index is 1.57. The number of phenolic OH excluding ortho intramolecular Hbond substituents is 1. The van der Waals surface area contributed by atoms with Gasteiger partial charge in [-0.1, -0.05) is 13.0 Å². The van der Waals surface area contributed by atoms with E-state index in [-0.39, 0.29) is 11.8 Å². The van der Waals surface area contributed by atoms with Gasteiger partial charge in [-0.25, -0.2) is 0 Å². The van der Waals surface area contributed by atoms with E-state index in [1.165, 1.54) is 12.8 Å². The normalized spacial score (nSPS) is 45.7. The predicted octanol–water partition coefficient (Wildman–Crippen LogP) is 1.87. The lowest BCUT2D eigenvalue weighted by Gasteiger charge is -2.67. The van der Waals surface area contributed by atoms with Crippen molar-refractivity contribution in [2.75, 3.05) is 26.7 Å². The van der Waals surface area contributed by atoms with Crippen LogP contribution in [0.3, 0.4) is 0 Å². The standard InChI is InChI=1S/C24H33NO5/c1-3-10-29-19-12-17(27)22-23-8-9-25(2,13-14-4-5-14)18(24(19,23)28)11-15-6-7-16(26)21(30-22)20(15)23/h6-7,14,17-19,22,27-28H,3-5,8-13H2,1-2H3/p+1/t17-,18-,19?,22+,23+,24+,25?/m1/s1. The molecule has 1 spiro atoms. The highest BCUT2D eigenvalue weighted by molar-refractivity contribution is 5.62. The van der Waals surface area contributed by atoms with E-state index in [9.17, 15) is 15.3 Å².